The van der Waals surface area contributed by atoms with Crippen molar-refractivity contribution in [1.82, 2.24) is 5.32 Å². The second kappa shape index (κ2) is 6.53. The van der Waals surface area contributed by atoms with Gasteiger partial charge in [0.15, 0.2) is 0 Å². The van der Waals surface area contributed by atoms with E-state index in [0.29, 0.717) is 18.1 Å². The van der Waals surface area contributed by atoms with Gasteiger partial charge in [0, 0.05) is 18.6 Å². The minimum absolute atomic E-state index is 0.384. The highest BCUT2D eigenvalue weighted by molar-refractivity contribution is 5.29. The van der Waals surface area contributed by atoms with Crippen molar-refractivity contribution in [3.8, 4) is 0 Å². The maximum atomic E-state index is 5.74. The van der Waals surface area contributed by atoms with Crippen molar-refractivity contribution in [2.75, 3.05) is 13.2 Å². The SMILES string of the molecule is CCNC(Cc1cc(C)cc(C)c1)C1CCOC1C. The van der Waals surface area contributed by atoms with Gasteiger partial charge in [0.1, 0.15) is 0 Å². The van der Waals surface area contributed by atoms with Crippen molar-refractivity contribution in [3.63, 3.8) is 0 Å². The van der Waals surface area contributed by atoms with Gasteiger partial charge in [-0.05, 0) is 45.7 Å². The molecule has 1 aromatic carbocycles. The Hall–Kier alpha value is -0.860. The highest BCUT2D eigenvalue weighted by atomic mass is 16.5. The second-order valence-corrected chi connectivity index (χ2v) is 5.89. The van der Waals surface area contributed by atoms with Crippen LogP contribution in [0.25, 0.3) is 0 Å². The zero-order chi connectivity index (χ0) is 13.8. The summed E-state index contributed by atoms with van der Waals surface area (Å²) >= 11 is 0. The second-order valence-electron chi connectivity index (χ2n) is 5.89. The summed E-state index contributed by atoms with van der Waals surface area (Å²) in [5, 5.41) is 3.66. The smallest absolute Gasteiger partial charge is 0.0590 e. The van der Waals surface area contributed by atoms with Crippen LogP contribution >= 0.6 is 0 Å². The molecular formula is C17H27NO. The summed E-state index contributed by atoms with van der Waals surface area (Å²) in [5.74, 6) is 0.640. The van der Waals surface area contributed by atoms with Gasteiger partial charge in [0.05, 0.1) is 6.10 Å². The van der Waals surface area contributed by atoms with Crippen molar-refractivity contribution in [3.05, 3.63) is 34.9 Å². The lowest BCUT2D eigenvalue weighted by Crippen LogP contribution is -2.40. The number of rotatable bonds is 5. The summed E-state index contributed by atoms with van der Waals surface area (Å²) in [6.45, 7) is 10.7. The van der Waals surface area contributed by atoms with Crippen molar-refractivity contribution in [1.29, 1.82) is 0 Å². The summed E-state index contributed by atoms with van der Waals surface area (Å²) < 4.78 is 5.74. The molecule has 1 N–H and O–H groups in total. The van der Waals surface area contributed by atoms with Gasteiger partial charge in [-0.1, -0.05) is 36.2 Å². The lowest BCUT2D eigenvalue weighted by atomic mass is 9.88. The fraction of sp³-hybridized carbons (Fsp3) is 0.647. The molecule has 3 atom stereocenters. The van der Waals surface area contributed by atoms with Crippen molar-refractivity contribution >= 4 is 0 Å². The summed E-state index contributed by atoms with van der Waals surface area (Å²) in [6, 6.07) is 7.41. The monoisotopic (exact) mass is 261 g/mol. The van der Waals surface area contributed by atoms with Crippen LogP contribution in [0, 0.1) is 19.8 Å². The van der Waals surface area contributed by atoms with Gasteiger partial charge in [-0.3, -0.25) is 0 Å². The number of hydrogen-bond acceptors (Lipinski definition) is 2. The number of benzene rings is 1. The molecule has 1 aliphatic heterocycles. The van der Waals surface area contributed by atoms with Crippen molar-refractivity contribution < 1.29 is 4.74 Å². The van der Waals surface area contributed by atoms with Gasteiger partial charge < -0.3 is 10.1 Å². The Bertz CT molecular complexity index is 395. The number of hydrogen-bond donors (Lipinski definition) is 1. The molecule has 0 aromatic heterocycles. The van der Waals surface area contributed by atoms with E-state index in [1.165, 1.54) is 23.1 Å². The van der Waals surface area contributed by atoms with Crippen molar-refractivity contribution in [2.45, 2.75) is 52.7 Å². The van der Waals surface area contributed by atoms with Crippen LogP contribution in [0.4, 0.5) is 0 Å². The molecule has 0 spiro atoms. The van der Waals surface area contributed by atoms with E-state index in [9.17, 15) is 0 Å². The molecule has 1 fully saturated rings. The van der Waals surface area contributed by atoms with E-state index < -0.39 is 0 Å². The molecule has 1 aromatic rings. The third-order valence-corrected chi connectivity index (χ3v) is 4.16. The number of likely N-dealkylation sites (N-methyl/N-ethyl adjacent to an activating group) is 1. The quantitative estimate of drug-likeness (QED) is 0.878. The van der Waals surface area contributed by atoms with E-state index in [4.69, 9.17) is 4.74 Å². The molecule has 0 bridgehead atoms. The molecule has 1 saturated heterocycles. The maximum absolute atomic E-state index is 5.74. The third-order valence-electron chi connectivity index (χ3n) is 4.16. The molecule has 3 unspecified atom stereocenters. The minimum Gasteiger partial charge on any atom is -0.378 e. The molecule has 2 nitrogen and oxygen atoms in total. The van der Waals surface area contributed by atoms with E-state index in [1.54, 1.807) is 0 Å². The Morgan fingerprint density at radius 1 is 1.26 bits per heavy atom. The molecule has 2 heteroatoms. The fourth-order valence-corrected chi connectivity index (χ4v) is 3.35. The van der Waals surface area contributed by atoms with Crippen LogP contribution in [0.15, 0.2) is 18.2 Å². The first-order valence-corrected chi connectivity index (χ1v) is 7.52. The maximum Gasteiger partial charge on any atom is 0.0590 e. The molecule has 0 amide bonds. The molecule has 1 heterocycles. The summed E-state index contributed by atoms with van der Waals surface area (Å²) in [7, 11) is 0. The Morgan fingerprint density at radius 3 is 2.47 bits per heavy atom. The minimum atomic E-state index is 0.384. The summed E-state index contributed by atoms with van der Waals surface area (Å²) in [5.41, 5.74) is 4.17. The van der Waals surface area contributed by atoms with Crippen LogP contribution in [0.3, 0.4) is 0 Å². The van der Waals surface area contributed by atoms with Gasteiger partial charge in [0.25, 0.3) is 0 Å². The Morgan fingerprint density at radius 2 is 1.95 bits per heavy atom. The van der Waals surface area contributed by atoms with E-state index in [-0.39, 0.29) is 0 Å². The molecule has 106 valence electrons. The number of ether oxygens (including phenoxy) is 1. The highest BCUT2D eigenvalue weighted by Gasteiger charge is 2.31. The normalized spacial score (nSPS) is 24.6. The molecule has 0 radical (unpaired) electrons. The Labute approximate surface area is 117 Å². The van der Waals surface area contributed by atoms with Crippen LogP contribution in [-0.4, -0.2) is 25.3 Å². The first-order chi connectivity index (χ1) is 9.10. The Kier molecular flexibility index (Phi) is 5.00. The van der Waals surface area contributed by atoms with Crippen LogP contribution in [0.1, 0.15) is 37.0 Å². The lowest BCUT2D eigenvalue weighted by Gasteiger charge is -2.27. The van der Waals surface area contributed by atoms with Gasteiger partial charge in [0.2, 0.25) is 0 Å². The zero-order valence-corrected chi connectivity index (χ0v) is 12.7. The van der Waals surface area contributed by atoms with Crippen LogP contribution < -0.4 is 5.32 Å². The largest absolute Gasteiger partial charge is 0.378 e. The Balaban J connectivity index is 2.11. The predicted molar refractivity (Wildman–Crippen MR) is 80.6 cm³/mol. The standard InChI is InChI=1S/C17H27NO/c1-5-18-17(16-6-7-19-14(16)4)11-15-9-12(2)8-13(3)10-15/h8-10,14,16-18H,5-7,11H2,1-4H3. The lowest BCUT2D eigenvalue weighted by molar-refractivity contribution is 0.0956. The summed E-state index contributed by atoms with van der Waals surface area (Å²) in [6.07, 6.45) is 2.67. The average molecular weight is 261 g/mol. The molecule has 0 saturated carbocycles. The fourth-order valence-electron chi connectivity index (χ4n) is 3.35. The van der Waals surface area contributed by atoms with Gasteiger partial charge in [-0.2, -0.15) is 0 Å². The van der Waals surface area contributed by atoms with Crippen LogP contribution in [0.5, 0.6) is 0 Å². The molecular weight excluding hydrogens is 234 g/mol. The van der Waals surface area contributed by atoms with Crippen LogP contribution in [0.2, 0.25) is 0 Å². The average Bonchev–Trinajstić information content (AvgIpc) is 2.73. The van der Waals surface area contributed by atoms with Gasteiger partial charge >= 0.3 is 0 Å². The predicted octanol–water partition coefficient (Wildman–Crippen LogP) is 3.25. The zero-order valence-electron chi connectivity index (χ0n) is 12.7. The molecule has 1 aliphatic rings. The molecule has 19 heavy (non-hydrogen) atoms. The van der Waals surface area contributed by atoms with Gasteiger partial charge in [-0.15, -0.1) is 0 Å². The van der Waals surface area contributed by atoms with E-state index in [1.807, 2.05) is 0 Å². The highest BCUT2D eigenvalue weighted by Crippen LogP contribution is 2.26. The van der Waals surface area contributed by atoms with E-state index in [0.717, 1.165) is 19.6 Å². The van der Waals surface area contributed by atoms with Crippen molar-refractivity contribution in [2.24, 2.45) is 5.92 Å². The summed E-state index contributed by atoms with van der Waals surface area (Å²) in [4.78, 5) is 0. The topological polar surface area (TPSA) is 21.3 Å². The molecule has 2 rings (SSSR count). The van der Waals surface area contributed by atoms with Gasteiger partial charge in [-0.25, -0.2) is 0 Å². The van der Waals surface area contributed by atoms with Crippen LogP contribution in [-0.2, 0) is 11.2 Å². The van der Waals surface area contributed by atoms with E-state index in [2.05, 4.69) is 51.2 Å². The van der Waals surface area contributed by atoms with E-state index >= 15 is 0 Å². The first-order valence-electron chi connectivity index (χ1n) is 7.52. The number of aryl methyl sites for hydroxylation is 2. The number of nitrogens with one attached hydrogen (secondary N) is 1. The molecule has 0 aliphatic carbocycles. The first kappa shape index (κ1) is 14.5. The third kappa shape index (κ3) is 3.80.